The van der Waals surface area contributed by atoms with Crippen molar-refractivity contribution in [3.63, 3.8) is 0 Å². The summed E-state index contributed by atoms with van der Waals surface area (Å²) >= 11 is 0. The van der Waals surface area contributed by atoms with Gasteiger partial charge < -0.3 is 20.3 Å². The van der Waals surface area contributed by atoms with Crippen molar-refractivity contribution in [2.45, 2.75) is 13.5 Å². The number of primary amides is 1. The Hall–Kier alpha value is -4.13. The maximum absolute atomic E-state index is 13.1. The molecule has 1 aliphatic heterocycles. The Morgan fingerprint density at radius 2 is 1.56 bits per heavy atom. The summed E-state index contributed by atoms with van der Waals surface area (Å²) in [7, 11) is 0. The molecule has 0 saturated carbocycles. The lowest BCUT2D eigenvalue weighted by atomic mass is 10.1. The molecule has 2 N–H and O–H groups in total. The number of hydrogen-bond donors (Lipinski definition) is 1. The minimum absolute atomic E-state index is 0.0223. The highest BCUT2D eigenvalue weighted by Crippen LogP contribution is 2.21. The van der Waals surface area contributed by atoms with E-state index in [2.05, 4.69) is 4.90 Å². The second kappa shape index (κ2) is 10.2. The van der Waals surface area contributed by atoms with Crippen LogP contribution in [-0.2, 0) is 6.61 Å². The number of ketones is 1. The zero-order chi connectivity index (χ0) is 24.1. The van der Waals surface area contributed by atoms with E-state index in [-0.39, 0.29) is 18.3 Å². The smallest absolute Gasteiger partial charge is 0.253 e. The average Bonchev–Trinajstić information content (AvgIpc) is 2.87. The van der Waals surface area contributed by atoms with Gasteiger partial charge in [0.05, 0.1) is 5.56 Å². The van der Waals surface area contributed by atoms with Crippen molar-refractivity contribution in [2.75, 3.05) is 31.1 Å². The molecule has 3 aromatic rings. The first-order valence-corrected chi connectivity index (χ1v) is 11.2. The molecule has 174 valence electrons. The van der Waals surface area contributed by atoms with Crippen LogP contribution in [0.3, 0.4) is 0 Å². The van der Waals surface area contributed by atoms with Crippen LogP contribution in [0.1, 0.15) is 43.6 Å². The van der Waals surface area contributed by atoms with Gasteiger partial charge in [-0.15, -0.1) is 0 Å². The summed E-state index contributed by atoms with van der Waals surface area (Å²) in [6.07, 6.45) is 0. The summed E-state index contributed by atoms with van der Waals surface area (Å²) in [5, 5.41) is 0. The van der Waals surface area contributed by atoms with E-state index in [0.717, 1.165) is 24.3 Å². The van der Waals surface area contributed by atoms with Crippen LogP contribution >= 0.6 is 0 Å². The Labute approximate surface area is 198 Å². The molecule has 1 fully saturated rings. The standard InChI is InChI=1S/C27H27N3O4/c1-19(31)21-9-11-23(12-10-21)29-13-15-30(16-14-29)27(33)22-6-4-5-20(17-22)18-34-25-8-3-2-7-24(25)26(28)32/h2-12,17H,13-16,18H2,1H3,(H2,28,32). The summed E-state index contributed by atoms with van der Waals surface area (Å²) in [6, 6.07) is 21.7. The van der Waals surface area contributed by atoms with E-state index < -0.39 is 5.91 Å². The predicted molar refractivity (Wildman–Crippen MR) is 130 cm³/mol. The van der Waals surface area contributed by atoms with Crippen molar-refractivity contribution in [3.05, 3.63) is 95.1 Å². The molecule has 7 heteroatoms. The average molecular weight is 458 g/mol. The Bertz CT molecular complexity index is 1200. The van der Waals surface area contributed by atoms with E-state index in [9.17, 15) is 14.4 Å². The topological polar surface area (TPSA) is 92.9 Å². The highest BCUT2D eigenvalue weighted by molar-refractivity contribution is 5.96. The molecule has 0 bridgehead atoms. The number of amides is 2. The Morgan fingerprint density at radius 3 is 2.24 bits per heavy atom. The molecule has 1 aliphatic rings. The lowest BCUT2D eigenvalue weighted by Crippen LogP contribution is -2.48. The van der Waals surface area contributed by atoms with Gasteiger partial charge in [0.1, 0.15) is 12.4 Å². The van der Waals surface area contributed by atoms with Crippen LogP contribution in [0, 0.1) is 0 Å². The third-order valence-electron chi connectivity index (χ3n) is 5.93. The number of anilines is 1. The SMILES string of the molecule is CC(=O)c1ccc(N2CCN(C(=O)c3cccc(COc4ccccc4C(N)=O)c3)CC2)cc1. The van der Waals surface area contributed by atoms with Crippen molar-refractivity contribution in [1.29, 1.82) is 0 Å². The van der Waals surface area contributed by atoms with Gasteiger partial charge in [-0.3, -0.25) is 14.4 Å². The number of para-hydroxylation sites is 1. The number of nitrogens with zero attached hydrogens (tertiary/aromatic N) is 2. The molecular weight excluding hydrogens is 430 g/mol. The first-order chi connectivity index (χ1) is 16.4. The van der Waals surface area contributed by atoms with Gasteiger partial charge in [-0.2, -0.15) is 0 Å². The fourth-order valence-electron chi connectivity index (χ4n) is 4.01. The number of carbonyl (C=O) groups is 3. The molecule has 0 radical (unpaired) electrons. The molecule has 2 amide bonds. The van der Waals surface area contributed by atoms with E-state index in [4.69, 9.17) is 10.5 Å². The van der Waals surface area contributed by atoms with Gasteiger partial charge in [0, 0.05) is 43.0 Å². The Morgan fingerprint density at radius 1 is 0.853 bits per heavy atom. The largest absolute Gasteiger partial charge is 0.488 e. The number of carbonyl (C=O) groups excluding carboxylic acids is 3. The number of hydrogen-bond acceptors (Lipinski definition) is 5. The van der Waals surface area contributed by atoms with Gasteiger partial charge in [-0.25, -0.2) is 0 Å². The Balaban J connectivity index is 1.36. The summed E-state index contributed by atoms with van der Waals surface area (Å²) in [5.41, 5.74) is 8.90. The van der Waals surface area contributed by atoms with Crippen LogP contribution in [0.15, 0.2) is 72.8 Å². The normalized spacial score (nSPS) is 13.4. The van der Waals surface area contributed by atoms with Gasteiger partial charge in [-0.05, 0) is 61.0 Å². The summed E-state index contributed by atoms with van der Waals surface area (Å²) < 4.78 is 5.80. The lowest BCUT2D eigenvalue weighted by Gasteiger charge is -2.36. The molecule has 34 heavy (non-hydrogen) atoms. The molecule has 0 aromatic heterocycles. The van der Waals surface area contributed by atoms with Crippen molar-refractivity contribution in [3.8, 4) is 5.75 Å². The van der Waals surface area contributed by atoms with Crippen molar-refractivity contribution < 1.29 is 19.1 Å². The third-order valence-corrected chi connectivity index (χ3v) is 5.93. The zero-order valence-corrected chi connectivity index (χ0v) is 19.1. The van der Waals surface area contributed by atoms with Gasteiger partial charge in [-0.1, -0.05) is 24.3 Å². The van der Waals surface area contributed by atoms with Crippen LogP contribution < -0.4 is 15.4 Å². The number of benzene rings is 3. The van der Waals surface area contributed by atoms with Crippen LogP contribution in [0.25, 0.3) is 0 Å². The van der Waals surface area contributed by atoms with Gasteiger partial charge >= 0.3 is 0 Å². The molecule has 3 aromatic carbocycles. The number of piperazine rings is 1. The van der Waals surface area contributed by atoms with Crippen LogP contribution in [0.5, 0.6) is 5.75 Å². The third kappa shape index (κ3) is 5.26. The van der Waals surface area contributed by atoms with Crippen LogP contribution in [-0.4, -0.2) is 48.7 Å². The number of rotatable bonds is 7. The molecule has 0 aliphatic carbocycles. The molecule has 7 nitrogen and oxygen atoms in total. The van der Waals surface area contributed by atoms with E-state index in [1.807, 2.05) is 47.4 Å². The van der Waals surface area contributed by atoms with Crippen molar-refractivity contribution in [2.24, 2.45) is 5.73 Å². The van der Waals surface area contributed by atoms with Crippen LogP contribution in [0.2, 0.25) is 0 Å². The second-order valence-electron chi connectivity index (χ2n) is 8.23. The molecule has 0 unspecified atom stereocenters. The summed E-state index contributed by atoms with van der Waals surface area (Å²) in [4.78, 5) is 40.2. The molecular formula is C27H27N3O4. The second-order valence-corrected chi connectivity index (χ2v) is 8.23. The fourth-order valence-corrected chi connectivity index (χ4v) is 4.01. The predicted octanol–water partition coefficient (Wildman–Crippen LogP) is 3.53. The summed E-state index contributed by atoms with van der Waals surface area (Å²) in [5.74, 6) is -0.106. The van der Waals surface area contributed by atoms with E-state index in [1.54, 1.807) is 37.3 Å². The lowest BCUT2D eigenvalue weighted by molar-refractivity contribution is 0.0746. The number of ether oxygens (including phenoxy) is 1. The van der Waals surface area contributed by atoms with E-state index in [0.29, 0.717) is 35.5 Å². The highest BCUT2D eigenvalue weighted by atomic mass is 16.5. The maximum Gasteiger partial charge on any atom is 0.253 e. The highest BCUT2D eigenvalue weighted by Gasteiger charge is 2.22. The minimum atomic E-state index is -0.548. The van der Waals surface area contributed by atoms with E-state index in [1.165, 1.54) is 0 Å². The maximum atomic E-state index is 13.1. The van der Waals surface area contributed by atoms with E-state index >= 15 is 0 Å². The molecule has 1 heterocycles. The van der Waals surface area contributed by atoms with Crippen LogP contribution in [0.4, 0.5) is 5.69 Å². The molecule has 0 atom stereocenters. The summed E-state index contributed by atoms with van der Waals surface area (Å²) in [6.45, 7) is 4.44. The van der Waals surface area contributed by atoms with Gasteiger partial charge in [0.15, 0.2) is 5.78 Å². The number of Topliss-reactive ketones (excluding diaryl/α,β-unsaturated/α-hetero) is 1. The molecule has 0 spiro atoms. The monoisotopic (exact) mass is 457 g/mol. The first kappa shape index (κ1) is 23.0. The Kier molecular flexibility index (Phi) is 6.92. The first-order valence-electron chi connectivity index (χ1n) is 11.2. The minimum Gasteiger partial charge on any atom is -0.488 e. The molecule has 4 rings (SSSR count). The number of nitrogens with two attached hydrogens (primary N) is 1. The van der Waals surface area contributed by atoms with Gasteiger partial charge in [0.2, 0.25) is 0 Å². The molecule has 1 saturated heterocycles. The van der Waals surface area contributed by atoms with Crippen molar-refractivity contribution in [1.82, 2.24) is 4.90 Å². The quantitative estimate of drug-likeness (QED) is 0.548. The van der Waals surface area contributed by atoms with Gasteiger partial charge in [0.25, 0.3) is 11.8 Å². The fraction of sp³-hybridized carbons (Fsp3) is 0.222. The van der Waals surface area contributed by atoms with Crippen molar-refractivity contribution >= 4 is 23.3 Å². The zero-order valence-electron chi connectivity index (χ0n) is 19.1.